The molecular formula is C14H17F4NO. The van der Waals surface area contributed by atoms with Gasteiger partial charge in [-0.3, -0.25) is 0 Å². The highest BCUT2D eigenvalue weighted by Gasteiger charge is 2.41. The molecule has 0 spiro atoms. The minimum Gasteiger partial charge on any atom is -0.505 e. The Balaban J connectivity index is 1.92. The zero-order chi connectivity index (χ0) is 14.8. The summed E-state index contributed by atoms with van der Waals surface area (Å²) in [5.74, 6) is -2.43. The number of phenols is 1. The van der Waals surface area contributed by atoms with Crippen molar-refractivity contribution in [3.63, 3.8) is 0 Å². The van der Waals surface area contributed by atoms with E-state index in [1.54, 1.807) is 6.07 Å². The van der Waals surface area contributed by atoms with E-state index < -0.39 is 23.7 Å². The Kier molecular flexibility index (Phi) is 4.52. The zero-order valence-corrected chi connectivity index (χ0v) is 10.9. The molecule has 0 saturated heterocycles. The first kappa shape index (κ1) is 15.1. The molecule has 0 aliphatic heterocycles. The maximum atomic E-state index is 13.1. The highest BCUT2D eigenvalue weighted by Crippen LogP contribution is 2.37. The number of alkyl halides is 3. The van der Waals surface area contributed by atoms with Gasteiger partial charge in [-0.25, -0.2) is 4.39 Å². The van der Waals surface area contributed by atoms with Crippen molar-refractivity contribution < 1.29 is 22.7 Å². The lowest BCUT2D eigenvalue weighted by atomic mass is 9.85. The van der Waals surface area contributed by atoms with Crippen LogP contribution in [0.25, 0.3) is 0 Å². The van der Waals surface area contributed by atoms with Gasteiger partial charge in [0.05, 0.1) is 5.92 Å². The average Bonchev–Trinajstić information content (AvgIpc) is 2.40. The second-order valence-electron chi connectivity index (χ2n) is 5.23. The summed E-state index contributed by atoms with van der Waals surface area (Å²) in [4.78, 5) is 0. The Bertz CT molecular complexity index is 461. The Labute approximate surface area is 114 Å². The molecule has 2 atom stereocenters. The van der Waals surface area contributed by atoms with Gasteiger partial charge in [-0.2, -0.15) is 13.2 Å². The van der Waals surface area contributed by atoms with E-state index in [1.165, 1.54) is 6.07 Å². The number of hydrogen-bond donors (Lipinski definition) is 2. The molecule has 0 heterocycles. The van der Waals surface area contributed by atoms with Crippen molar-refractivity contribution in [1.29, 1.82) is 0 Å². The monoisotopic (exact) mass is 291 g/mol. The molecule has 2 nitrogen and oxygen atoms in total. The van der Waals surface area contributed by atoms with Crippen LogP contribution in [0, 0.1) is 11.7 Å². The fraction of sp³-hybridized carbons (Fsp3) is 0.571. The van der Waals surface area contributed by atoms with E-state index in [1.807, 2.05) is 0 Å². The van der Waals surface area contributed by atoms with Crippen LogP contribution >= 0.6 is 0 Å². The average molecular weight is 291 g/mol. The first-order chi connectivity index (χ1) is 9.38. The predicted octanol–water partition coefficient (Wildman–Crippen LogP) is 3.74. The van der Waals surface area contributed by atoms with Crippen LogP contribution in [0.2, 0.25) is 0 Å². The third-order valence-electron chi connectivity index (χ3n) is 3.79. The van der Waals surface area contributed by atoms with Gasteiger partial charge in [0.25, 0.3) is 0 Å². The molecule has 1 aromatic carbocycles. The molecule has 2 unspecified atom stereocenters. The number of phenolic OH excluding ortho intramolecular Hbond substituents is 1. The number of halogens is 4. The summed E-state index contributed by atoms with van der Waals surface area (Å²) < 4.78 is 51.2. The number of rotatable bonds is 3. The van der Waals surface area contributed by atoms with Crippen molar-refractivity contribution in [2.75, 3.05) is 0 Å². The molecule has 1 fully saturated rings. The van der Waals surface area contributed by atoms with Gasteiger partial charge >= 0.3 is 6.18 Å². The molecule has 6 heteroatoms. The van der Waals surface area contributed by atoms with Crippen LogP contribution in [0.1, 0.15) is 31.2 Å². The molecule has 1 aromatic rings. The molecule has 0 aromatic heterocycles. The summed E-state index contributed by atoms with van der Waals surface area (Å²) in [6, 6.07) is 3.90. The van der Waals surface area contributed by atoms with E-state index in [4.69, 9.17) is 0 Å². The fourth-order valence-corrected chi connectivity index (χ4v) is 2.63. The lowest BCUT2D eigenvalue weighted by Gasteiger charge is -2.31. The molecule has 112 valence electrons. The highest BCUT2D eigenvalue weighted by atomic mass is 19.4. The van der Waals surface area contributed by atoms with Crippen LogP contribution in [-0.2, 0) is 6.54 Å². The molecule has 2 N–H and O–H groups in total. The Morgan fingerprint density at radius 2 is 2.00 bits per heavy atom. The summed E-state index contributed by atoms with van der Waals surface area (Å²) in [6.45, 7) is 0.166. The maximum absolute atomic E-state index is 13.1. The summed E-state index contributed by atoms with van der Waals surface area (Å²) in [7, 11) is 0. The van der Waals surface area contributed by atoms with Crippen LogP contribution < -0.4 is 5.32 Å². The fourth-order valence-electron chi connectivity index (χ4n) is 2.63. The normalized spacial score (nSPS) is 23.8. The molecule has 0 bridgehead atoms. The number of aromatic hydroxyl groups is 1. The largest absolute Gasteiger partial charge is 0.505 e. The second kappa shape index (κ2) is 5.99. The Morgan fingerprint density at radius 1 is 1.25 bits per heavy atom. The van der Waals surface area contributed by atoms with Gasteiger partial charge < -0.3 is 10.4 Å². The number of nitrogens with one attached hydrogen (secondary N) is 1. The lowest BCUT2D eigenvalue weighted by Crippen LogP contribution is -2.38. The van der Waals surface area contributed by atoms with Crippen molar-refractivity contribution in [3.05, 3.63) is 29.6 Å². The predicted molar refractivity (Wildman–Crippen MR) is 66.7 cm³/mol. The molecular weight excluding hydrogens is 274 g/mol. The summed E-state index contributed by atoms with van der Waals surface area (Å²) >= 11 is 0. The van der Waals surface area contributed by atoms with Crippen LogP contribution in [0.15, 0.2) is 18.2 Å². The standard InChI is InChI=1S/C14H17F4NO/c15-12-6-1-3-9(13(12)20)8-19-11-5-2-4-10(7-11)14(16,17)18/h1,3,6,10-11,19-20H,2,4-5,7-8H2. The summed E-state index contributed by atoms with van der Waals surface area (Å²) in [5, 5.41) is 12.5. The Hall–Kier alpha value is -1.30. The van der Waals surface area contributed by atoms with Crippen LogP contribution in [-0.4, -0.2) is 17.3 Å². The smallest absolute Gasteiger partial charge is 0.391 e. The third kappa shape index (κ3) is 3.62. The minimum atomic E-state index is -4.15. The van der Waals surface area contributed by atoms with Gasteiger partial charge in [0.15, 0.2) is 11.6 Å². The first-order valence-electron chi connectivity index (χ1n) is 6.64. The van der Waals surface area contributed by atoms with Gasteiger partial charge in [-0.15, -0.1) is 0 Å². The number of hydrogen-bond acceptors (Lipinski definition) is 2. The zero-order valence-electron chi connectivity index (χ0n) is 10.9. The molecule has 2 rings (SSSR count). The van der Waals surface area contributed by atoms with Crippen molar-refractivity contribution in [1.82, 2.24) is 5.32 Å². The summed E-state index contributed by atoms with van der Waals surface area (Å²) in [5.41, 5.74) is 0.360. The second-order valence-corrected chi connectivity index (χ2v) is 5.23. The first-order valence-corrected chi connectivity index (χ1v) is 6.64. The maximum Gasteiger partial charge on any atom is 0.391 e. The van der Waals surface area contributed by atoms with Crippen LogP contribution in [0.3, 0.4) is 0 Å². The van der Waals surface area contributed by atoms with E-state index in [9.17, 15) is 22.7 Å². The van der Waals surface area contributed by atoms with Gasteiger partial charge in [-0.05, 0) is 25.3 Å². The van der Waals surface area contributed by atoms with E-state index >= 15 is 0 Å². The molecule has 1 aliphatic carbocycles. The van der Waals surface area contributed by atoms with E-state index in [2.05, 4.69) is 5.32 Å². The molecule has 0 radical (unpaired) electrons. The minimum absolute atomic E-state index is 0.0412. The summed E-state index contributed by atoms with van der Waals surface area (Å²) in [6.07, 6.45) is -2.74. The van der Waals surface area contributed by atoms with E-state index in [0.717, 1.165) is 6.07 Å². The topological polar surface area (TPSA) is 32.3 Å². The Morgan fingerprint density at radius 3 is 2.70 bits per heavy atom. The van der Waals surface area contributed by atoms with Gasteiger partial charge in [-0.1, -0.05) is 18.6 Å². The van der Waals surface area contributed by atoms with Crippen molar-refractivity contribution in [2.45, 2.75) is 44.4 Å². The third-order valence-corrected chi connectivity index (χ3v) is 3.79. The van der Waals surface area contributed by atoms with Crippen LogP contribution in [0.5, 0.6) is 5.75 Å². The van der Waals surface area contributed by atoms with Gasteiger partial charge in [0, 0.05) is 18.2 Å². The van der Waals surface area contributed by atoms with Crippen molar-refractivity contribution in [3.8, 4) is 5.75 Å². The SMILES string of the molecule is Oc1c(F)cccc1CNC1CCCC(C(F)(F)F)C1. The quantitative estimate of drug-likeness (QED) is 0.831. The number of benzene rings is 1. The van der Waals surface area contributed by atoms with E-state index in [-0.39, 0.29) is 25.4 Å². The van der Waals surface area contributed by atoms with Crippen molar-refractivity contribution in [2.24, 2.45) is 5.92 Å². The number of para-hydroxylation sites is 1. The lowest BCUT2D eigenvalue weighted by molar-refractivity contribution is -0.183. The van der Waals surface area contributed by atoms with Crippen molar-refractivity contribution >= 4 is 0 Å². The van der Waals surface area contributed by atoms with E-state index in [0.29, 0.717) is 18.4 Å². The molecule has 1 saturated carbocycles. The van der Waals surface area contributed by atoms with Crippen LogP contribution in [0.4, 0.5) is 17.6 Å². The molecule has 1 aliphatic rings. The molecule has 20 heavy (non-hydrogen) atoms. The highest BCUT2D eigenvalue weighted by molar-refractivity contribution is 5.33. The van der Waals surface area contributed by atoms with Gasteiger partial charge in [0.1, 0.15) is 0 Å². The van der Waals surface area contributed by atoms with Gasteiger partial charge in [0.2, 0.25) is 0 Å². The molecule has 0 amide bonds.